The third-order valence-corrected chi connectivity index (χ3v) is 3.76. The fraction of sp³-hybridized carbons (Fsp3) is 0.278. The number of hydrogen-bond acceptors (Lipinski definition) is 1. The van der Waals surface area contributed by atoms with Crippen LogP contribution in [0.4, 0.5) is 0 Å². The Morgan fingerprint density at radius 1 is 0.952 bits per heavy atom. The first-order valence-corrected chi connectivity index (χ1v) is 7.67. The molecular formula is C18H20ClNO. The monoisotopic (exact) mass is 301 g/mol. The van der Waals surface area contributed by atoms with Crippen LogP contribution in [0.5, 0.6) is 0 Å². The zero-order valence-corrected chi connectivity index (χ0v) is 12.8. The molecule has 0 saturated carbocycles. The van der Waals surface area contributed by atoms with Gasteiger partial charge in [0.1, 0.15) is 0 Å². The lowest BCUT2D eigenvalue weighted by atomic mass is 10.1. The topological polar surface area (TPSA) is 29.1 Å². The first-order valence-electron chi connectivity index (χ1n) is 7.30. The molecule has 0 fully saturated rings. The molecule has 0 aliphatic carbocycles. The van der Waals surface area contributed by atoms with Crippen LogP contribution in [0.1, 0.15) is 24.0 Å². The SMILES string of the molecule is O=C(CCc1ccccc1)NCCCc1ccccc1Cl. The highest BCUT2D eigenvalue weighted by molar-refractivity contribution is 6.31. The van der Waals surface area contributed by atoms with Gasteiger partial charge in [-0.25, -0.2) is 0 Å². The van der Waals surface area contributed by atoms with Crippen LogP contribution in [-0.4, -0.2) is 12.5 Å². The summed E-state index contributed by atoms with van der Waals surface area (Å²) in [6, 6.07) is 17.9. The van der Waals surface area contributed by atoms with Crippen molar-refractivity contribution in [2.75, 3.05) is 6.54 Å². The van der Waals surface area contributed by atoms with Gasteiger partial charge >= 0.3 is 0 Å². The molecule has 2 nitrogen and oxygen atoms in total. The van der Waals surface area contributed by atoms with Crippen LogP contribution in [0.15, 0.2) is 54.6 Å². The molecule has 0 unspecified atom stereocenters. The molecule has 1 amide bonds. The highest BCUT2D eigenvalue weighted by Crippen LogP contribution is 2.16. The first-order chi connectivity index (χ1) is 10.3. The fourth-order valence-electron chi connectivity index (χ4n) is 2.20. The summed E-state index contributed by atoms with van der Waals surface area (Å²) in [6.07, 6.45) is 3.12. The average molecular weight is 302 g/mol. The molecule has 0 spiro atoms. The van der Waals surface area contributed by atoms with E-state index >= 15 is 0 Å². The highest BCUT2D eigenvalue weighted by atomic mass is 35.5. The lowest BCUT2D eigenvalue weighted by Crippen LogP contribution is -2.25. The van der Waals surface area contributed by atoms with Gasteiger partial charge in [0.2, 0.25) is 5.91 Å². The van der Waals surface area contributed by atoms with Gasteiger partial charge in [0.05, 0.1) is 0 Å². The van der Waals surface area contributed by atoms with Crippen molar-refractivity contribution in [3.8, 4) is 0 Å². The van der Waals surface area contributed by atoms with Crippen LogP contribution < -0.4 is 5.32 Å². The van der Waals surface area contributed by atoms with Crippen molar-refractivity contribution in [1.29, 1.82) is 0 Å². The Bertz CT molecular complexity index is 568. The summed E-state index contributed by atoms with van der Waals surface area (Å²) in [5, 5.41) is 3.76. The zero-order valence-electron chi connectivity index (χ0n) is 12.0. The molecule has 21 heavy (non-hydrogen) atoms. The summed E-state index contributed by atoms with van der Waals surface area (Å²) in [7, 11) is 0. The van der Waals surface area contributed by atoms with Crippen LogP contribution in [0.25, 0.3) is 0 Å². The van der Waals surface area contributed by atoms with Gasteiger partial charge in [-0.05, 0) is 36.5 Å². The summed E-state index contributed by atoms with van der Waals surface area (Å²) in [5.41, 5.74) is 2.33. The maximum absolute atomic E-state index is 11.8. The van der Waals surface area contributed by atoms with Gasteiger partial charge in [0.15, 0.2) is 0 Å². The highest BCUT2D eigenvalue weighted by Gasteiger charge is 2.02. The predicted molar refractivity (Wildman–Crippen MR) is 87.5 cm³/mol. The third kappa shape index (κ3) is 5.60. The minimum absolute atomic E-state index is 0.109. The van der Waals surface area contributed by atoms with E-state index in [0.717, 1.165) is 29.8 Å². The smallest absolute Gasteiger partial charge is 0.220 e. The van der Waals surface area contributed by atoms with Gasteiger partial charge in [-0.15, -0.1) is 0 Å². The number of nitrogens with one attached hydrogen (secondary N) is 1. The normalized spacial score (nSPS) is 10.3. The minimum atomic E-state index is 0.109. The van der Waals surface area contributed by atoms with E-state index in [1.54, 1.807) is 0 Å². The predicted octanol–water partition coefficient (Wildman–Crippen LogP) is 4.02. The van der Waals surface area contributed by atoms with E-state index in [-0.39, 0.29) is 5.91 Å². The Hall–Kier alpha value is -1.80. The van der Waals surface area contributed by atoms with Gasteiger partial charge in [-0.3, -0.25) is 4.79 Å². The molecular weight excluding hydrogens is 282 g/mol. The number of carbonyl (C=O) groups excluding carboxylic acids is 1. The zero-order chi connectivity index (χ0) is 14.9. The minimum Gasteiger partial charge on any atom is -0.356 e. The van der Waals surface area contributed by atoms with E-state index in [2.05, 4.69) is 5.32 Å². The molecule has 0 saturated heterocycles. The van der Waals surface area contributed by atoms with E-state index in [4.69, 9.17) is 11.6 Å². The van der Waals surface area contributed by atoms with Crippen molar-refractivity contribution in [1.82, 2.24) is 5.32 Å². The summed E-state index contributed by atoms with van der Waals surface area (Å²) in [5.74, 6) is 0.109. The maximum atomic E-state index is 11.8. The Labute approximate surface area is 131 Å². The lowest BCUT2D eigenvalue weighted by Gasteiger charge is -2.06. The molecule has 2 aromatic rings. The molecule has 3 heteroatoms. The second-order valence-electron chi connectivity index (χ2n) is 5.03. The van der Waals surface area contributed by atoms with Crippen molar-refractivity contribution >= 4 is 17.5 Å². The van der Waals surface area contributed by atoms with Crippen molar-refractivity contribution in [3.05, 3.63) is 70.7 Å². The third-order valence-electron chi connectivity index (χ3n) is 3.39. The molecule has 0 bridgehead atoms. The summed E-state index contributed by atoms with van der Waals surface area (Å²) < 4.78 is 0. The number of rotatable bonds is 7. The number of amides is 1. The second kappa shape index (κ2) is 8.48. The van der Waals surface area contributed by atoms with Gasteiger partial charge in [0, 0.05) is 18.0 Å². The molecule has 110 valence electrons. The molecule has 2 rings (SSSR count). The molecule has 0 aliphatic rings. The van der Waals surface area contributed by atoms with E-state index in [9.17, 15) is 4.79 Å². The second-order valence-corrected chi connectivity index (χ2v) is 5.44. The first kappa shape index (κ1) is 15.6. The Morgan fingerprint density at radius 2 is 1.67 bits per heavy atom. The van der Waals surface area contributed by atoms with Crippen LogP contribution in [0.2, 0.25) is 5.02 Å². The largest absolute Gasteiger partial charge is 0.356 e. The number of halogens is 1. The van der Waals surface area contributed by atoms with Crippen molar-refractivity contribution < 1.29 is 4.79 Å². The Kier molecular flexibility index (Phi) is 6.29. The molecule has 0 aromatic heterocycles. The molecule has 2 aromatic carbocycles. The maximum Gasteiger partial charge on any atom is 0.220 e. The van der Waals surface area contributed by atoms with Crippen LogP contribution >= 0.6 is 11.6 Å². The molecule has 0 heterocycles. The quantitative estimate of drug-likeness (QED) is 0.769. The van der Waals surface area contributed by atoms with E-state index in [0.29, 0.717) is 13.0 Å². The van der Waals surface area contributed by atoms with Crippen LogP contribution in [0.3, 0.4) is 0 Å². The van der Waals surface area contributed by atoms with Crippen molar-refractivity contribution in [2.24, 2.45) is 0 Å². The van der Waals surface area contributed by atoms with E-state index in [1.165, 1.54) is 5.56 Å². The number of hydrogen-bond donors (Lipinski definition) is 1. The summed E-state index contributed by atoms with van der Waals surface area (Å²) in [6.45, 7) is 0.693. The number of carbonyl (C=O) groups is 1. The fourth-order valence-corrected chi connectivity index (χ4v) is 2.43. The van der Waals surface area contributed by atoms with E-state index < -0.39 is 0 Å². The molecule has 0 aliphatic heterocycles. The standard InChI is InChI=1S/C18H20ClNO/c19-17-11-5-4-9-16(17)10-6-14-20-18(21)13-12-15-7-2-1-3-8-15/h1-5,7-9,11H,6,10,12-14H2,(H,20,21). The molecule has 1 N–H and O–H groups in total. The van der Waals surface area contributed by atoms with Gasteiger partial charge in [-0.2, -0.15) is 0 Å². The van der Waals surface area contributed by atoms with Crippen LogP contribution in [-0.2, 0) is 17.6 Å². The number of benzene rings is 2. The average Bonchev–Trinajstić information content (AvgIpc) is 2.52. The molecule has 0 radical (unpaired) electrons. The van der Waals surface area contributed by atoms with Gasteiger partial charge in [-0.1, -0.05) is 60.1 Å². The number of aryl methyl sites for hydroxylation is 2. The van der Waals surface area contributed by atoms with Crippen LogP contribution in [0, 0.1) is 0 Å². The summed E-state index contributed by atoms with van der Waals surface area (Å²) in [4.78, 5) is 11.8. The van der Waals surface area contributed by atoms with E-state index in [1.807, 2.05) is 54.6 Å². The van der Waals surface area contributed by atoms with Gasteiger partial charge < -0.3 is 5.32 Å². The van der Waals surface area contributed by atoms with Crippen molar-refractivity contribution in [3.63, 3.8) is 0 Å². The lowest BCUT2D eigenvalue weighted by molar-refractivity contribution is -0.121. The molecule has 0 atom stereocenters. The van der Waals surface area contributed by atoms with Crippen molar-refractivity contribution in [2.45, 2.75) is 25.7 Å². The summed E-state index contributed by atoms with van der Waals surface area (Å²) >= 11 is 6.10. The van der Waals surface area contributed by atoms with Gasteiger partial charge in [0.25, 0.3) is 0 Å². The Morgan fingerprint density at radius 3 is 2.43 bits per heavy atom. The Balaban J connectivity index is 1.62.